The van der Waals surface area contributed by atoms with E-state index in [-0.39, 0.29) is 11.9 Å². The van der Waals surface area contributed by atoms with Crippen molar-refractivity contribution in [3.05, 3.63) is 59.9 Å². The lowest BCUT2D eigenvalue weighted by atomic mass is 10.1. The second kappa shape index (κ2) is 7.64. The molecule has 1 aliphatic rings. The number of hydrogen-bond acceptors (Lipinski definition) is 3. The second-order valence-corrected chi connectivity index (χ2v) is 6.48. The highest BCUT2D eigenvalue weighted by Gasteiger charge is 2.26. The van der Waals surface area contributed by atoms with Crippen molar-refractivity contribution in [3.63, 3.8) is 0 Å². The van der Waals surface area contributed by atoms with Gasteiger partial charge in [-0.2, -0.15) is 0 Å². The maximum Gasteiger partial charge on any atom is 0.251 e. The highest BCUT2D eigenvalue weighted by atomic mass is 16.1. The van der Waals surface area contributed by atoms with Gasteiger partial charge in [0.15, 0.2) is 0 Å². The fraction of sp³-hybridized carbons (Fsp3) is 0.421. The number of amides is 1. The van der Waals surface area contributed by atoms with Crippen LogP contribution in [0.5, 0.6) is 0 Å². The zero-order valence-corrected chi connectivity index (χ0v) is 14.5. The zero-order chi connectivity index (χ0) is 16.9. The zero-order valence-electron chi connectivity index (χ0n) is 14.5. The molecule has 1 aromatic heterocycles. The largest absolute Gasteiger partial charge is 0.353 e. The van der Waals surface area contributed by atoms with Crippen molar-refractivity contribution in [3.8, 4) is 0 Å². The third-order valence-corrected chi connectivity index (χ3v) is 4.80. The highest BCUT2D eigenvalue weighted by Crippen LogP contribution is 2.21. The molecule has 1 aliphatic heterocycles. The first-order chi connectivity index (χ1) is 11.6. The predicted molar refractivity (Wildman–Crippen MR) is 96.0 cm³/mol. The van der Waals surface area contributed by atoms with Gasteiger partial charge in [-0.1, -0.05) is 18.2 Å². The van der Waals surface area contributed by atoms with Gasteiger partial charge in [0.25, 0.3) is 5.91 Å². The first-order valence-electron chi connectivity index (χ1n) is 8.52. The predicted octanol–water partition coefficient (Wildman–Crippen LogP) is 1.74. The summed E-state index contributed by atoms with van der Waals surface area (Å²) < 4.78 is 2.15. The molecule has 1 saturated heterocycles. The highest BCUT2D eigenvalue weighted by molar-refractivity contribution is 5.94. The van der Waals surface area contributed by atoms with Crippen LogP contribution in [0.3, 0.4) is 0 Å². The fourth-order valence-corrected chi connectivity index (χ4v) is 3.26. The number of aromatic nitrogens is 1. The van der Waals surface area contributed by atoms with Gasteiger partial charge >= 0.3 is 0 Å². The molecule has 5 heteroatoms. The van der Waals surface area contributed by atoms with Crippen LogP contribution >= 0.6 is 0 Å². The monoisotopic (exact) mass is 326 g/mol. The molecule has 0 radical (unpaired) electrons. The van der Waals surface area contributed by atoms with Crippen molar-refractivity contribution >= 4 is 5.91 Å². The van der Waals surface area contributed by atoms with E-state index < -0.39 is 0 Å². The van der Waals surface area contributed by atoms with E-state index in [0.29, 0.717) is 12.1 Å². The van der Waals surface area contributed by atoms with Gasteiger partial charge in [-0.15, -0.1) is 0 Å². The van der Waals surface area contributed by atoms with Gasteiger partial charge in [0.1, 0.15) is 0 Å². The molecule has 0 bridgehead atoms. The molecule has 1 amide bonds. The van der Waals surface area contributed by atoms with E-state index in [9.17, 15) is 4.79 Å². The average molecular weight is 326 g/mol. The lowest BCUT2D eigenvalue weighted by Gasteiger charge is -2.38. The average Bonchev–Trinajstić information content (AvgIpc) is 3.03. The number of aryl methyl sites for hydroxylation is 1. The van der Waals surface area contributed by atoms with E-state index in [1.807, 2.05) is 30.3 Å². The molecule has 24 heavy (non-hydrogen) atoms. The van der Waals surface area contributed by atoms with Gasteiger partial charge < -0.3 is 14.8 Å². The maximum atomic E-state index is 12.4. The molecule has 1 fully saturated rings. The van der Waals surface area contributed by atoms with Crippen molar-refractivity contribution in [2.45, 2.75) is 6.04 Å². The van der Waals surface area contributed by atoms with E-state index >= 15 is 0 Å². The molecular formula is C19H26N4O. The lowest BCUT2D eigenvalue weighted by Crippen LogP contribution is -2.48. The fourth-order valence-electron chi connectivity index (χ4n) is 3.26. The second-order valence-electron chi connectivity index (χ2n) is 6.48. The van der Waals surface area contributed by atoms with Crippen molar-refractivity contribution in [1.82, 2.24) is 19.7 Å². The van der Waals surface area contributed by atoms with Gasteiger partial charge in [0.05, 0.1) is 6.04 Å². The van der Waals surface area contributed by atoms with E-state index in [1.165, 1.54) is 5.69 Å². The molecule has 1 N–H and O–H groups in total. The van der Waals surface area contributed by atoms with Crippen LogP contribution in [0.1, 0.15) is 22.1 Å². The first kappa shape index (κ1) is 16.7. The molecule has 5 nitrogen and oxygen atoms in total. The Morgan fingerprint density at radius 3 is 2.38 bits per heavy atom. The quantitative estimate of drug-likeness (QED) is 0.910. The number of benzene rings is 1. The number of rotatable bonds is 5. The topological polar surface area (TPSA) is 40.5 Å². The van der Waals surface area contributed by atoms with Crippen molar-refractivity contribution in [1.29, 1.82) is 0 Å². The number of hydrogen-bond donors (Lipinski definition) is 1. The van der Waals surface area contributed by atoms with Gasteiger partial charge in [-0.25, -0.2) is 0 Å². The molecule has 0 saturated carbocycles. The van der Waals surface area contributed by atoms with E-state index in [2.05, 4.69) is 52.1 Å². The molecule has 2 heterocycles. The van der Waals surface area contributed by atoms with Crippen LogP contribution in [0.2, 0.25) is 0 Å². The maximum absolute atomic E-state index is 12.4. The van der Waals surface area contributed by atoms with E-state index in [4.69, 9.17) is 0 Å². The lowest BCUT2D eigenvalue weighted by molar-refractivity contribution is 0.0877. The number of piperazine rings is 1. The molecule has 1 aromatic carbocycles. The molecule has 0 aliphatic carbocycles. The number of carbonyl (C=O) groups excluding carboxylic acids is 1. The van der Waals surface area contributed by atoms with Crippen LogP contribution in [0, 0.1) is 0 Å². The summed E-state index contributed by atoms with van der Waals surface area (Å²) in [5.74, 6) is -0.0102. The summed E-state index contributed by atoms with van der Waals surface area (Å²) in [7, 11) is 4.23. The molecule has 1 atom stereocenters. The first-order valence-corrected chi connectivity index (χ1v) is 8.52. The van der Waals surface area contributed by atoms with Crippen LogP contribution < -0.4 is 5.32 Å². The minimum absolute atomic E-state index is 0.0102. The SMILES string of the molecule is CN1CCN(C(CNC(=O)c2ccccc2)c2cccn2C)CC1. The Hall–Kier alpha value is -2.11. The summed E-state index contributed by atoms with van der Waals surface area (Å²) in [4.78, 5) is 17.2. The Kier molecular flexibility index (Phi) is 5.33. The molecule has 2 aromatic rings. The van der Waals surface area contributed by atoms with E-state index in [0.717, 1.165) is 26.2 Å². The minimum atomic E-state index is -0.0102. The third kappa shape index (κ3) is 3.86. The van der Waals surface area contributed by atoms with Crippen molar-refractivity contribution in [2.75, 3.05) is 39.8 Å². The number of carbonyl (C=O) groups is 1. The molecule has 3 rings (SSSR count). The van der Waals surface area contributed by atoms with Crippen LogP contribution in [0.15, 0.2) is 48.7 Å². The Bertz CT molecular complexity index is 659. The number of nitrogens with zero attached hydrogens (tertiary/aromatic N) is 3. The molecule has 1 unspecified atom stereocenters. The Morgan fingerprint density at radius 1 is 1.04 bits per heavy atom. The van der Waals surface area contributed by atoms with E-state index in [1.54, 1.807) is 0 Å². The van der Waals surface area contributed by atoms with Crippen molar-refractivity contribution in [2.24, 2.45) is 7.05 Å². The molecule has 128 valence electrons. The third-order valence-electron chi connectivity index (χ3n) is 4.80. The van der Waals surface area contributed by atoms with Gasteiger partial charge in [0.2, 0.25) is 0 Å². The summed E-state index contributed by atoms with van der Waals surface area (Å²) in [6.07, 6.45) is 2.07. The normalized spacial score (nSPS) is 17.6. The minimum Gasteiger partial charge on any atom is -0.353 e. The van der Waals surface area contributed by atoms with Gasteiger partial charge in [-0.05, 0) is 31.3 Å². The summed E-state index contributed by atoms with van der Waals surface area (Å²) in [5, 5.41) is 3.12. The van der Waals surface area contributed by atoms with Gasteiger partial charge in [0, 0.05) is 57.2 Å². The van der Waals surface area contributed by atoms with Crippen LogP contribution in [-0.4, -0.2) is 60.0 Å². The van der Waals surface area contributed by atoms with Crippen molar-refractivity contribution < 1.29 is 4.79 Å². The van der Waals surface area contributed by atoms with Gasteiger partial charge in [-0.3, -0.25) is 9.69 Å². The summed E-state index contributed by atoms with van der Waals surface area (Å²) >= 11 is 0. The molecule has 0 spiro atoms. The Labute approximate surface area is 143 Å². The van der Waals surface area contributed by atoms with Crippen LogP contribution in [0.25, 0.3) is 0 Å². The standard InChI is InChI=1S/C19H26N4O/c1-21-11-13-23(14-12-21)18(17-9-6-10-22(17)2)15-20-19(24)16-7-4-3-5-8-16/h3-10,18H,11-15H2,1-2H3,(H,20,24). The Morgan fingerprint density at radius 2 is 1.75 bits per heavy atom. The number of likely N-dealkylation sites (N-methyl/N-ethyl adjacent to an activating group) is 1. The van der Waals surface area contributed by atoms with Crippen LogP contribution in [-0.2, 0) is 7.05 Å². The summed E-state index contributed by atoms with van der Waals surface area (Å²) in [6, 6.07) is 13.8. The smallest absolute Gasteiger partial charge is 0.251 e. The van der Waals surface area contributed by atoms with Crippen LogP contribution in [0.4, 0.5) is 0 Å². The summed E-state index contributed by atoms with van der Waals surface area (Å²) in [5.41, 5.74) is 1.95. The summed E-state index contributed by atoms with van der Waals surface area (Å²) in [6.45, 7) is 4.79. The Balaban J connectivity index is 1.71. The molecular weight excluding hydrogens is 300 g/mol. The number of nitrogens with one attached hydrogen (secondary N) is 1.